The van der Waals surface area contributed by atoms with E-state index in [1.807, 2.05) is 25.1 Å². The minimum absolute atomic E-state index is 0.0132. The fraction of sp³-hybridized carbons (Fsp3) is 0.409. The summed E-state index contributed by atoms with van der Waals surface area (Å²) < 4.78 is 11.0. The van der Waals surface area contributed by atoms with Crippen molar-refractivity contribution in [3.8, 4) is 11.5 Å². The largest absolute Gasteiger partial charge is 0.493 e. The number of aryl methyl sites for hydroxylation is 1. The van der Waals surface area contributed by atoms with Gasteiger partial charge in [-0.2, -0.15) is 0 Å². The summed E-state index contributed by atoms with van der Waals surface area (Å²) in [6, 6.07) is 14.9. The van der Waals surface area contributed by atoms with Crippen molar-refractivity contribution in [3.63, 3.8) is 0 Å². The zero-order valence-corrected chi connectivity index (χ0v) is 16.1. The van der Waals surface area contributed by atoms with Crippen molar-refractivity contribution in [1.82, 2.24) is 10.6 Å². The van der Waals surface area contributed by atoms with E-state index in [1.165, 1.54) is 24.0 Å². The van der Waals surface area contributed by atoms with Gasteiger partial charge in [0.2, 0.25) is 0 Å². The lowest BCUT2D eigenvalue weighted by molar-refractivity contribution is -0.123. The van der Waals surface area contributed by atoms with Crippen LogP contribution in [-0.2, 0) is 17.8 Å². The average Bonchev–Trinajstić information content (AvgIpc) is 2.71. The normalized spacial score (nSPS) is 15.7. The lowest BCUT2D eigenvalue weighted by atomic mass is 9.87. The van der Waals surface area contributed by atoms with Gasteiger partial charge in [-0.05, 0) is 55.0 Å². The molecule has 144 valence electrons. The minimum atomic E-state index is -0.138. The van der Waals surface area contributed by atoms with E-state index >= 15 is 0 Å². The number of carbonyl (C=O) groups excluding carboxylic acids is 1. The Morgan fingerprint density at radius 3 is 2.85 bits per heavy atom. The van der Waals surface area contributed by atoms with Gasteiger partial charge in [0, 0.05) is 19.1 Å². The molecule has 0 saturated carbocycles. The molecule has 0 bridgehead atoms. The number of nitrogens with one attached hydrogen (secondary N) is 2. The van der Waals surface area contributed by atoms with Crippen molar-refractivity contribution in [2.75, 3.05) is 20.3 Å². The molecule has 0 saturated heterocycles. The third kappa shape index (κ3) is 5.01. The van der Waals surface area contributed by atoms with E-state index in [-0.39, 0.29) is 12.5 Å². The van der Waals surface area contributed by atoms with Crippen molar-refractivity contribution in [2.45, 2.75) is 38.8 Å². The summed E-state index contributed by atoms with van der Waals surface area (Å²) in [6.45, 7) is 3.21. The highest BCUT2D eigenvalue weighted by atomic mass is 16.5. The molecule has 1 unspecified atom stereocenters. The molecule has 0 fully saturated rings. The van der Waals surface area contributed by atoms with E-state index in [0.29, 0.717) is 24.1 Å². The maximum Gasteiger partial charge on any atom is 0.257 e. The molecule has 0 heterocycles. The maximum atomic E-state index is 11.6. The molecule has 0 aliphatic heterocycles. The van der Waals surface area contributed by atoms with Gasteiger partial charge < -0.3 is 20.1 Å². The Kier molecular flexibility index (Phi) is 6.71. The van der Waals surface area contributed by atoms with Gasteiger partial charge in [-0.25, -0.2) is 0 Å². The van der Waals surface area contributed by atoms with Crippen molar-refractivity contribution in [1.29, 1.82) is 0 Å². The third-order valence-corrected chi connectivity index (χ3v) is 4.88. The van der Waals surface area contributed by atoms with Gasteiger partial charge >= 0.3 is 0 Å². The van der Waals surface area contributed by atoms with Crippen LogP contribution in [0.5, 0.6) is 11.5 Å². The summed E-state index contributed by atoms with van der Waals surface area (Å²) in [4.78, 5) is 11.6. The van der Waals surface area contributed by atoms with Gasteiger partial charge in [-0.15, -0.1) is 0 Å². The fourth-order valence-corrected chi connectivity index (χ4v) is 3.54. The van der Waals surface area contributed by atoms with Gasteiger partial charge in [-0.3, -0.25) is 4.79 Å². The van der Waals surface area contributed by atoms with Crippen LogP contribution in [0.1, 0.15) is 42.5 Å². The van der Waals surface area contributed by atoms with E-state index in [1.54, 1.807) is 7.11 Å². The first kappa shape index (κ1) is 19.2. The van der Waals surface area contributed by atoms with Gasteiger partial charge in [0.15, 0.2) is 18.1 Å². The first-order chi connectivity index (χ1) is 13.2. The van der Waals surface area contributed by atoms with Gasteiger partial charge in [0.25, 0.3) is 5.91 Å². The predicted octanol–water partition coefficient (Wildman–Crippen LogP) is 3.38. The van der Waals surface area contributed by atoms with Crippen molar-refractivity contribution < 1.29 is 14.3 Å². The Bertz CT molecular complexity index is 776. The second-order valence-electron chi connectivity index (χ2n) is 6.75. The number of methoxy groups -OCH3 is 1. The molecule has 5 nitrogen and oxygen atoms in total. The highest BCUT2D eigenvalue weighted by molar-refractivity contribution is 5.77. The van der Waals surface area contributed by atoms with Crippen LogP contribution in [-0.4, -0.2) is 26.2 Å². The van der Waals surface area contributed by atoms with Crippen LogP contribution >= 0.6 is 0 Å². The monoisotopic (exact) mass is 368 g/mol. The highest BCUT2D eigenvalue weighted by Gasteiger charge is 2.19. The number of amides is 1. The number of benzene rings is 2. The number of fused-ring (bicyclic) bond motifs is 1. The molecule has 1 aliphatic carbocycles. The van der Waals surface area contributed by atoms with E-state index in [4.69, 9.17) is 9.47 Å². The van der Waals surface area contributed by atoms with Crippen LogP contribution in [0, 0.1) is 0 Å². The topological polar surface area (TPSA) is 59.6 Å². The zero-order valence-electron chi connectivity index (χ0n) is 16.1. The number of carbonyl (C=O) groups is 1. The molecule has 0 aromatic heterocycles. The molecule has 3 rings (SSSR count). The van der Waals surface area contributed by atoms with Crippen LogP contribution in [0.4, 0.5) is 0 Å². The lowest BCUT2D eigenvalue weighted by Crippen LogP contribution is -2.28. The smallest absolute Gasteiger partial charge is 0.257 e. The average molecular weight is 368 g/mol. The Hall–Kier alpha value is -2.53. The Morgan fingerprint density at radius 2 is 2.04 bits per heavy atom. The van der Waals surface area contributed by atoms with Crippen molar-refractivity contribution in [2.24, 2.45) is 0 Å². The molecule has 1 atom stereocenters. The number of hydrogen-bond donors (Lipinski definition) is 2. The predicted molar refractivity (Wildman–Crippen MR) is 106 cm³/mol. The summed E-state index contributed by atoms with van der Waals surface area (Å²) in [6.07, 6.45) is 3.53. The van der Waals surface area contributed by atoms with Crippen LogP contribution in [0.3, 0.4) is 0 Å². The first-order valence-corrected chi connectivity index (χ1v) is 9.59. The summed E-state index contributed by atoms with van der Waals surface area (Å²) in [5.41, 5.74) is 3.99. The molecule has 0 radical (unpaired) electrons. The molecule has 2 aromatic rings. The fourth-order valence-electron chi connectivity index (χ4n) is 3.54. The summed E-state index contributed by atoms with van der Waals surface area (Å²) in [5.74, 6) is 1.08. The molecular formula is C22H28N2O3. The quantitative estimate of drug-likeness (QED) is 0.750. The SMILES string of the molecule is CCNC(=O)COc1ccc(CNC2CCCc3ccccc32)cc1OC. The molecule has 2 aromatic carbocycles. The second-order valence-corrected chi connectivity index (χ2v) is 6.75. The molecule has 2 N–H and O–H groups in total. The van der Waals surface area contributed by atoms with E-state index in [0.717, 1.165) is 18.5 Å². The van der Waals surface area contributed by atoms with Gasteiger partial charge in [0.05, 0.1) is 7.11 Å². The number of ether oxygens (including phenoxy) is 2. The Morgan fingerprint density at radius 1 is 1.19 bits per heavy atom. The van der Waals surface area contributed by atoms with Gasteiger partial charge in [-0.1, -0.05) is 30.3 Å². The Labute approximate surface area is 161 Å². The zero-order chi connectivity index (χ0) is 19.1. The van der Waals surface area contributed by atoms with Gasteiger partial charge in [0.1, 0.15) is 0 Å². The van der Waals surface area contributed by atoms with Crippen LogP contribution in [0.15, 0.2) is 42.5 Å². The summed E-state index contributed by atoms with van der Waals surface area (Å²) in [7, 11) is 1.61. The second kappa shape index (κ2) is 9.42. The van der Waals surface area contributed by atoms with E-state index < -0.39 is 0 Å². The minimum Gasteiger partial charge on any atom is -0.493 e. The van der Waals surface area contributed by atoms with Crippen molar-refractivity contribution in [3.05, 3.63) is 59.2 Å². The standard InChI is InChI=1S/C22H28N2O3/c1-3-23-22(25)15-27-20-12-11-16(13-21(20)26-2)14-24-19-10-6-8-17-7-4-5-9-18(17)19/h4-5,7,9,11-13,19,24H,3,6,8,10,14-15H2,1-2H3,(H,23,25). The molecule has 1 amide bonds. The number of likely N-dealkylation sites (N-methyl/N-ethyl adjacent to an activating group) is 1. The molecule has 5 heteroatoms. The lowest BCUT2D eigenvalue weighted by Gasteiger charge is -2.26. The molecule has 0 spiro atoms. The van der Waals surface area contributed by atoms with E-state index in [9.17, 15) is 4.79 Å². The van der Waals surface area contributed by atoms with Crippen LogP contribution < -0.4 is 20.1 Å². The molecule has 1 aliphatic rings. The summed E-state index contributed by atoms with van der Waals surface area (Å²) in [5, 5.41) is 6.39. The number of rotatable bonds is 8. The number of hydrogen-bond acceptors (Lipinski definition) is 4. The first-order valence-electron chi connectivity index (χ1n) is 9.59. The molecular weight excluding hydrogens is 340 g/mol. The highest BCUT2D eigenvalue weighted by Crippen LogP contribution is 2.31. The van der Waals surface area contributed by atoms with Crippen molar-refractivity contribution >= 4 is 5.91 Å². The summed E-state index contributed by atoms with van der Waals surface area (Å²) >= 11 is 0. The Balaban J connectivity index is 1.62. The van der Waals surface area contributed by atoms with E-state index in [2.05, 4.69) is 34.9 Å². The maximum absolute atomic E-state index is 11.6. The third-order valence-electron chi connectivity index (χ3n) is 4.88. The van der Waals surface area contributed by atoms with Crippen LogP contribution in [0.2, 0.25) is 0 Å². The van der Waals surface area contributed by atoms with Crippen LogP contribution in [0.25, 0.3) is 0 Å². The molecule has 27 heavy (non-hydrogen) atoms.